The van der Waals surface area contributed by atoms with Crippen molar-refractivity contribution in [3.63, 3.8) is 0 Å². The van der Waals surface area contributed by atoms with E-state index in [-0.39, 0.29) is 12.6 Å². The molecule has 0 saturated heterocycles. The molecule has 0 saturated carbocycles. The second kappa shape index (κ2) is 3.44. The van der Waals surface area contributed by atoms with E-state index < -0.39 is 0 Å². The Morgan fingerprint density at radius 3 is 3.08 bits per heavy atom. The van der Waals surface area contributed by atoms with Gasteiger partial charge in [-0.15, -0.1) is 0 Å². The minimum absolute atomic E-state index is 0.00185. The first-order chi connectivity index (χ1) is 6.33. The van der Waals surface area contributed by atoms with Crippen molar-refractivity contribution in [1.29, 1.82) is 0 Å². The molecule has 1 heterocycles. The predicted molar refractivity (Wildman–Crippen MR) is 50.3 cm³/mol. The zero-order chi connectivity index (χ0) is 9.26. The number of aliphatic hydroxyl groups is 1. The van der Waals surface area contributed by atoms with Crippen LogP contribution in [0.3, 0.4) is 0 Å². The van der Waals surface area contributed by atoms with Gasteiger partial charge in [0.25, 0.3) is 0 Å². The highest BCUT2D eigenvalue weighted by atomic mass is 16.3. The number of hydrogen-bond acceptors (Lipinski definition) is 3. The minimum Gasteiger partial charge on any atom is -0.394 e. The zero-order valence-corrected chi connectivity index (χ0v) is 7.53. The lowest BCUT2D eigenvalue weighted by atomic mass is 10.0. The number of aliphatic hydroxyl groups excluding tert-OH is 1. The van der Waals surface area contributed by atoms with E-state index in [0.29, 0.717) is 0 Å². The number of fused-ring (bicyclic) bond motifs is 1. The van der Waals surface area contributed by atoms with Crippen molar-refractivity contribution < 1.29 is 5.11 Å². The van der Waals surface area contributed by atoms with Gasteiger partial charge in [0, 0.05) is 12.4 Å². The Hall–Kier alpha value is -0.930. The summed E-state index contributed by atoms with van der Waals surface area (Å²) in [6, 6.07) is -0.263. The van der Waals surface area contributed by atoms with Gasteiger partial charge < -0.3 is 10.8 Å². The van der Waals surface area contributed by atoms with Gasteiger partial charge in [-0.2, -0.15) is 0 Å². The van der Waals surface area contributed by atoms with Crippen LogP contribution in [0.1, 0.15) is 29.2 Å². The molecule has 0 fully saturated rings. The Labute approximate surface area is 77.6 Å². The van der Waals surface area contributed by atoms with Gasteiger partial charge in [0.1, 0.15) is 0 Å². The monoisotopic (exact) mass is 178 g/mol. The van der Waals surface area contributed by atoms with E-state index in [1.54, 1.807) is 6.20 Å². The van der Waals surface area contributed by atoms with Crippen LogP contribution in [0.5, 0.6) is 0 Å². The van der Waals surface area contributed by atoms with E-state index in [1.807, 2.05) is 6.20 Å². The standard InChI is InChI=1S/C10H14N2O/c11-10(6-13)9-5-12-4-7-2-1-3-8(7)9/h4-5,10,13H,1-3,6,11H2. The maximum absolute atomic E-state index is 8.97. The minimum atomic E-state index is -0.263. The molecule has 70 valence electrons. The quantitative estimate of drug-likeness (QED) is 0.695. The third-order valence-electron chi connectivity index (χ3n) is 2.65. The summed E-state index contributed by atoms with van der Waals surface area (Å²) in [5, 5.41) is 8.97. The molecule has 3 nitrogen and oxygen atoms in total. The van der Waals surface area contributed by atoms with Crippen LogP contribution in [0.2, 0.25) is 0 Å². The molecule has 0 aromatic carbocycles. The van der Waals surface area contributed by atoms with Gasteiger partial charge in [0.2, 0.25) is 0 Å². The van der Waals surface area contributed by atoms with Crippen molar-refractivity contribution in [1.82, 2.24) is 4.98 Å². The topological polar surface area (TPSA) is 59.1 Å². The van der Waals surface area contributed by atoms with Crippen LogP contribution < -0.4 is 5.73 Å². The number of rotatable bonds is 2. The Morgan fingerprint density at radius 1 is 1.46 bits per heavy atom. The summed E-state index contributed by atoms with van der Waals surface area (Å²) in [7, 11) is 0. The summed E-state index contributed by atoms with van der Waals surface area (Å²) in [5.74, 6) is 0. The zero-order valence-electron chi connectivity index (χ0n) is 7.53. The van der Waals surface area contributed by atoms with Gasteiger partial charge in [-0.25, -0.2) is 0 Å². The van der Waals surface area contributed by atoms with Crippen LogP contribution in [-0.2, 0) is 12.8 Å². The predicted octanol–water partition coefficient (Wildman–Crippen LogP) is 0.562. The molecular formula is C10H14N2O. The fourth-order valence-electron chi connectivity index (χ4n) is 1.94. The Kier molecular flexibility index (Phi) is 2.29. The second-order valence-electron chi connectivity index (χ2n) is 3.51. The highest BCUT2D eigenvalue weighted by molar-refractivity contribution is 5.37. The lowest BCUT2D eigenvalue weighted by Gasteiger charge is -2.12. The van der Waals surface area contributed by atoms with Gasteiger partial charge in [0.15, 0.2) is 0 Å². The molecule has 1 aliphatic rings. The van der Waals surface area contributed by atoms with Crippen molar-refractivity contribution in [2.45, 2.75) is 25.3 Å². The van der Waals surface area contributed by atoms with E-state index in [0.717, 1.165) is 18.4 Å². The van der Waals surface area contributed by atoms with Crippen molar-refractivity contribution in [3.8, 4) is 0 Å². The van der Waals surface area contributed by atoms with Gasteiger partial charge in [-0.1, -0.05) is 0 Å². The van der Waals surface area contributed by atoms with E-state index in [1.165, 1.54) is 17.5 Å². The molecule has 1 atom stereocenters. The van der Waals surface area contributed by atoms with Crippen LogP contribution >= 0.6 is 0 Å². The molecule has 0 bridgehead atoms. The first-order valence-corrected chi connectivity index (χ1v) is 4.65. The SMILES string of the molecule is NC(CO)c1cncc2c1CCC2. The van der Waals surface area contributed by atoms with E-state index >= 15 is 0 Å². The van der Waals surface area contributed by atoms with Crippen LogP contribution in [0, 0.1) is 0 Å². The fourth-order valence-corrected chi connectivity index (χ4v) is 1.94. The fraction of sp³-hybridized carbons (Fsp3) is 0.500. The van der Waals surface area contributed by atoms with Crippen molar-refractivity contribution in [3.05, 3.63) is 29.1 Å². The molecule has 0 radical (unpaired) electrons. The smallest absolute Gasteiger partial charge is 0.0625 e. The number of aromatic nitrogens is 1. The third kappa shape index (κ3) is 1.45. The summed E-state index contributed by atoms with van der Waals surface area (Å²) in [4.78, 5) is 4.13. The number of hydrogen-bond donors (Lipinski definition) is 2. The van der Waals surface area contributed by atoms with E-state index in [9.17, 15) is 0 Å². The molecule has 3 heteroatoms. The normalized spacial score (nSPS) is 17.1. The van der Waals surface area contributed by atoms with Crippen LogP contribution in [0.25, 0.3) is 0 Å². The van der Waals surface area contributed by atoms with Gasteiger partial charge >= 0.3 is 0 Å². The van der Waals surface area contributed by atoms with Crippen molar-refractivity contribution in [2.75, 3.05) is 6.61 Å². The lowest BCUT2D eigenvalue weighted by molar-refractivity contribution is 0.267. The van der Waals surface area contributed by atoms with Crippen LogP contribution in [0.15, 0.2) is 12.4 Å². The van der Waals surface area contributed by atoms with E-state index in [2.05, 4.69) is 4.98 Å². The molecular weight excluding hydrogens is 164 g/mol. The summed E-state index contributed by atoms with van der Waals surface area (Å²) in [6.45, 7) is -0.00185. The van der Waals surface area contributed by atoms with Gasteiger partial charge in [-0.3, -0.25) is 4.98 Å². The molecule has 1 aromatic heterocycles. The highest BCUT2D eigenvalue weighted by Gasteiger charge is 2.18. The molecule has 1 unspecified atom stereocenters. The molecule has 0 amide bonds. The number of nitrogens with two attached hydrogens (primary N) is 1. The highest BCUT2D eigenvalue weighted by Crippen LogP contribution is 2.26. The average Bonchev–Trinajstić information content (AvgIpc) is 2.63. The van der Waals surface area contributed by atoms with Crippen LogP contribution in [0.4, 0.5) is 0 Å². The molecule has 1 aliphatic carbocycles. The molecule has 13 heavy (non-hydrogen) atoms. The van der Waals surface area contributed by atoms with E-state index in [4.69, 9.17) is 10.8 Å². The molecule has 1 aromatic rings. The number of aryl methyl sites for hydroxylation is 1. The maximum atomic E-state index is 8.97. The Morgan fingerprint density at radius 2 is 2.31 bits per heavy atom. The maximum Gasteiger partial charge on any atom is 0.0625 e. The summed E-state index contributed by atoms with van der Waals surface area (Å²) in [5.41, 5.74) is 9.43. The number of nitrogens with zero attached hydrogens (tertiary/aromatic N) is 1. The van der Waals surface area contributed by atoms with Crippen LogP contribution in [-0.4, -0.2) is 16.7 Å². The summed E-state index contributed by atoms with van der Waals surface area (Å²) in [6.07, 6.45) is 7.07. The van der Waals surface area contributed by atoms with Gasteiger partial charge in [-0.05, 0) is 36.0 Å². The Bertz CT molecular complexity index is 312. The third-order valence-corrected chi connectivity index (χ3v) is 2.65. The largest absolute Gasteiger partial charge is 0.394 e. The first-order valence-electron chi connectivity index (χ1n) is 4.65. The first kappa shape index (κ1) is 8.66. The average molecular weight is 178 g/mol. The molecule has 0 aliphatic heterocycles. The van der Waals surface area contributed by atoms with Crippen molar-refractivity contribution in [2.24, 2.45) is 5.73 Å². The van der Waals surface area contributed by atoms with Gasteiger partial charge in [0.05, 0.1) is 12.6 Å². The lowest BCUT2D eigenvalue weighted by Crippen LogP contribution is -2.16. The summed E-state index contributed by atoms with van der Waals surface area (Å²) >= 11 is 0. The molecule has 0 spiro atoms. The van der Waals surface area contributed by atoms with Crippen molar-refractivity contribution >= 4 is 0 Å². The second-order valence-corrected chi connectivity index (χ2v) is 3.51. The number of pyridine rings is 1. The summed E-state index contributed by atoms with van der Waals surface area (Å²) < 4.78 is 0. The molecule has 3 N–H and O–H groups in total. The Balaban J connectivity index is 2.41. The molecule has 2 rings (SSSR count).